The average molecular weight is 1180 g/mol. The van der Waals surface area contributed by atoms with E-state index in [0.717, 1.165) is 5.56 Å². The molecule has 0 spiro atoms. The number of amides is 9. The Balaban J connectivity index is 1.70. The van der Waals surface area contributed by atoms with Crippen LogP contribution in [0.4, 0.5) is 15.3 Å². The van der Waals surface area contributed by atoms with Crippen LogP contribution in [0.3, 0.4) is 0 Å². The van der Waals surface area contributed by atoms with Crippen LogP contribution < -0.4 is 38.1 Å². The zero-order valence-electron chi connectivity index (χ0n) is 51.8. The van der Waals surface area contributed by atoms with Crippen LogP contribution in [0.1, 0.15) is 118 Å². The highest BCUT2D eigenvalue weighted by atomic mass is 16.6. The van der Waals surface area contributed by atoms with Crippen molar-refractivity contribution in [2.45, 2.75) is 175 Å². The van der Waals surface area contributed by atoms with E-state index in [1.165, 1.54) is 31.3 Å². The normalized spacial score (nSPS) is 16.9. The maximum atomic E-state index is 14.8. The van der Waals surface area contributed by atoms with E-state index in [2.05, 4.69) is 26.6 Å². The highest BCUT2D eigenvalue weighted by Crippen LogP contribution is 2.30. The number of aliphatic carboxylic acids is 1. The van der Waals surface area contributed by atoms with Crippen LogP contribution in [0.15, 0.2) is 54.6 Å². The summed E-state index contributed by atoms with van der Waals surface area (Å²) in [5.74, 6) is -5.74. The van der Waals surface area contributed by atoms with E-state index >= 15 is 0 Å². The number of primary amides is 1. The molecule has 1 saturated heterocycles. The van der Waals surface area contributed by atoms with Crippen LogP contribution >= 0.6 is 0 Å². The number of carboxylic acids is 1. The molecular formula is C60H97N11O13. The molecule has 2 aromatic rings. The Morgan fingerprint density at radius 3 is 1.93 bits per heavy atom. The van der Waals surface area contributed by atoms with E-state index in [1.807, 2.05) is 47.6 Å². The van der Waals surface area contributed by atoms with Crippen molar-refractivity contribution in [2.24, 2.45) is 41.1 Å². The number of hydrogen-bond acceptors (Lipinski definition) is 14. The van der Waals surface area contributed by atoms with Gasteiger partial charge in [-0.05, 0) is 79.0 Å². The Morgan fingerprint density at radius 2 is 1.38 bits per heavy atom. The molecule has 1 aliphatic rings. The van der Waals surface area contributed by atoms with Crippen molar-refractivity contribution in [1.29, 1.82) is 0 Å². The van der Waals surface area contributed by atoms with Gasteiger partial charge in [0.2, 0.25) is 35.4 Å². The molecule has 3 rings (SSSR count). The summed E-state index contributed by atoms with van der Waals surface area (Å²) in [5.41, 5.74) is 13.0. The first-order valence-corrected chi connectivity index (χ1v) is 29.2. The largest absolute Gasteiger partial charge is 0.480 e. The molecule has 84 heavy (non-hydrogen) atoms. The van der Waals surface area contributed by atoms with Crippen molar-refractivity contribution >= 4 is 59.2 Å². The molecule has 1 fully saturated rings. The first-order chi connectivity index (χ1) is 39.6. The Hall–Kier alpha value is -6.89. The highest BCUT2D eigenvalue weighted by Gasteiger charge is 2.44. The fourth-order valence-corrected chi connectivity index (χ4v) is 10.5. The summed E-state index contributed by atoms with van der Waals surface area (Å²) in [6.45, 7) is 17.0. The van der Waals surface area contributed by atoms with Gasteiger partial charge in [0.1, 0.15) is 30.8 Å². The number of nitrogens with zero attached hydrogens (tertiary/aromatic N) is 4. The number of nitrogens with one attached hydrogen (secondary N) is 5. The third-order valence-corrected chi connectivity index (χ3v) is 15.9. The Labute approximate surface area is 496 Å². The second-order valence-corrected chi connectivity index (χ2v) is 23.1. The molecule has 0 radical (unpaired) electrons. The average Bonchev–Trinajstić information content (AvgIpc) is 4.15. The second kappa shape index (κ2) is 34.8. The SMILES string of the molecule is CC[C@H](C)[C@@H]([C@@H](CC(=O)N1CCC[C@H]1[C@H](OC)[C@@H](C)C(=O)N[C@@H](Cc1ccccc1)C(=O)O)OC)N(C)C(=O)[C@@H](NC(=O)[C@H](C(C)C)N(C)N(C)C(=O)OCc1ccc(NC(=O)[C@H](CCCCNC(N)=O)NC(=O)[C@@H](N)C(C)C)cc1)C(C)C. The van der Waals surface area contributed by atoms with Crippen LogP contribution in [0, 0.1) is 29.6 Å². The summed E-state index contributed by atoms with van der Waals surface area (Å²) in [4.78, 5) is 124. The lowest BCUT2D eigenvalue weighted by Crippen LogP contribution is -2.61. The summed E-state index contributed by atoms with van der Waals surface area (Å²) in [7, 11) is 7.63. The van der Waals surface area contributed by atoms with Gasteiger partial charge in [0.15, 0.2) is 0 Å². The van der Waals surface area contributed by atoms with E-state index in [-0.39, 0.29) is 49.5 Å². The summed E-state index contributed by atoms with van der Waals surface area (Å²) >= 11 is 0. The highest BCUT2D eigenvalue weighted by molar-refractivity contribution is 5.98. The van der Waals surface area contributed by atoms with Gasteiger partial charge in [-0.3, -0.25) is 28.8 Å². The molecular weight excluding hydrogens is 1080 g/mol. The zero-order chi connectivity index (χ0) is 63.1. The topological polar surface area (TPSA) is 327 Å². The maximum Gasteiger partial charge on any atom is 0.424 e. The van der Waals surface area contributed by atoms with Crippen LogP contribution in [-0.2, 0) is 60.8 Å². The molecule has 0 aromatic heterocycles. The molecule has 10 N–H and O–H groups in total. The number of anilines is 1. The lowest BCUT2D eigenvalue weighted by Gasteiger charge is -2.41. The third kappa shape index (κ3) is 21.0. The molecule has 0 unspecified atom stereocenters. The second-order valence-electron chi connectivity index (χ2n) is 23.1. The quantitative estimate of drug-likeness (QED) is 0.0359. The van der Waals surface area contributed by atoms with Crippen molar-refractivity contribution < 1.29 is 62.5 Å². The number of nitrogens with two attached hydrogens (primary N) is 2. The predicted molar refractivity (Wildman–Crippen MR) is 318 cm³/mol. The minimum absolute atomic E-state index is 0.0871. The number of carboxylic acid groups (broad SMARTS) is 1. The van der Waals surface area contributed by atoms with Gasteiger partial charge in [0.25, 0.3) is 0 Å². The zero-order valence-corrected chi connectivity index (χ0v) is 51.8. The molecule has 0 aliphatic carbocycles. The van der Waals surface area contributed by atoms with Gasteiger partial charge >= 0.3 is 18.1 Å². The number of hydrazine groups is 1. The third-order valence-electron chi connectivity index (χ3n) is 15.9. The van der Waals surface area contributed by atoms with Crippen molar-refractivity contribution in [1.82, 2.24) is 41.1 Å². The maximum absolute atomic E-state index is 14.8. The van der Waals surface area contributed by atoms with E-state index in [4.69, 9.17) is 25.7 Å². The number of rotatable bonds is 34. The summed E-state index contributed by atoms with van der Waals surface area (Å²) in [6, 6.07) is 8.88. The number of urea groups is 1. The Kier molecular flexibility index (Phi) is 29.6. The molecule has 9 amide bonds. The molecule has 1 heterocycles. The molecule has 1 aliphatic heterocycles. The molecule has 24 nitrogen and oxygen atoms in total. The number of carbonyl (C=O) groups excluding carboxylic acids is 8. The molecule has 0 saturated carbocycles. The van der Waals surface area contributed by atoms with E-state index in [9.17, 15) is 48.3 Å². The van der Waals surface area contributed by atoms with E-state index < -0.39 is 114 Å². The summed E-state index contributed by atoms with van der Waals surface area (Å²) in [6.07, 6.45) is 0.745. The van der Waals surface area contributed by atoms with Crippen LogP contribution in [0.2, 0.25) is 0 Å². The van der Waals surface area contributed by atoms with Crippen LogP contribution in [0.5, 0.6) is 0 Å². The summed E-state index contributed by atoms with van der Waals surface area (Å²) in [5, 5.41) is 26.3. The number of carbonyl (C=O) groups is 9. The molecule has 2 aromatic carbocycles. The van der Waals surface area contributed by atoms with Gasteiger partial charge in [0, 0.05) is 60.6 Å². The van der Waals surface area contributed by atoms with Crippen LogP contribution in [-0.4, -0.2) is 181 Å². The molecule has 24 heteroatoms. The number of benzene rings is 2. The fourth-order valence-electron chi connectivity index (χ4n) is 10.5. The lowest BCUT2D eigenvalue weighted by molar-refractivity contribution is -0.149. The predicted octanol–water partition coefficient (Wildman–Crippen LogP) is 4.24. The van der Waals surface area contributed by atoms with Gasteiger partial charge in [-0.2, -0.15) is 0 Å². The standard InChI is InChI=1S/C60H97N11O13/c1-15-38(8)51(46(82-13)33-47(72)71-31-21-25-45(71)52(83-14)39(9)53(73)66-44(58(78)79)32-40-22-17-16-18-23-40)68(10)57(77)49(36(4)5)67-56(76)50(37(6)7)69(11)70(12)60(81)84-34-41-26-28-42(29-27-41)64-54(74)43(24-19-20-30-63-59(62)80)65-55(75)48(61)35(2)3/h16-18,22-23,26-29,35-39,43-46,48-52H,15,19-21,24-25,30-34,61H2,1-14H3,(H,64,74)(H,65,75)(H,66,73)(H,67,76)(H,78,79)(H3,62,63,80)/t38-,39+,43-,44-,45-,46+,48-,49-,50-,51-,52+/m0/s1. The number of ether oxygens (including phenoxy) is 3. The minimum atomic E-state index is -1.18. The van der Waals surface area contributed by atoms with Crippen molar-refractivity contribution in [3.63, 3.8) is 0 Å². The first kappa shape index (κ1) is 71.4. The van der Waals surface area contributed by atoms with Gasteiger partial charge < -0.3 is 67.2 Å². The number of methoxy groups -OCH3 is 2. The molecule has 11 atom stereocenters. The van der Waals surface area contributed by atoms with Gasteiger partial charge in [-0.25, -0.2) is 24.4 Å². The Morgan fingerprint density at radius 1 is 0.750 bits per heavy atom. The molecule has 0 bridgehead atoms. The lowest BCUT2D eigenvalue weighted by atomic mass is 9.89. The number of unbranched alkanes of at least 4 members (excludes halogenated alkanes) is 1. The van der Waals surface area contributed by atoms with Crippen molar-refractivity contribution in [2.75, 3.05) is 53.8 Å². The first-order valence-electron chi connectivity index (χ1n) is 29.2. The smallest absolute Gasteiger partial charge is 0.424 e. The van der Waals surface area contributed by atoms with E-state index in [1.54, 1.807) is 93.2 Å². The van der Waals surface area contributed by atoms with Gasteiger partial charge in [-0.15, -0.1) is 0 Å². The monoisotopic (exact) mass is 1180 g/mol. The molecule has 470 valence electrons. The number of likely N-dealkylation sites (tertiary alicyclic amines) is 1. The van der Waals surface area contributed by atoms with Crippen molar-refractivity contribution in [3.8, 4) is 0 Å². The minimum Gasteiger partial charge on any atom is -0.480 e. The number of hydrogen-bond donors (Lipinski definition) is 8. The van der Waals surface area contributed by atoms with Gasteiger partial charge in [0.05, 0.1) is 42.7 Å². The Bertz CT molecular complexity index is 2470. The summed E-state index contributed by atoms with van der Waals surface area (Å²) < 4.78 is 17.6. The fraction of sp³-hybridized carbons (Fsp3) is 0.650. The van der Waals surface area contributed by atoms with E-state index in [0.29, 0.717) is 56.4 Å². The van der Waals surface area contributed by atoms with Gasteiger partial charge in [-0.1, -0.05) is 111 Å². The number of likely N-dealkylation sites (N-methyl/N-ethyl adjacent to an activating group) is 2. The van der Waals surface area contributed by atoms with Crippen molar-refractivity contribution in [3.05, 3.63) is 65.7 Å². The van der Waals surface area contributed by atoms with Crippen LogP contribution in [0.25, 0.3) is 0 Å².